The number of hydrogen-bond acceptors (Lipinski definition) is 6. The number of aryl methyl sites for hydroxylation is 1. The number of fused-ring (bicyclic) bond motifs is 1. The van der Waals surface area contributed by atoms with Gasteiger partial charge in [0, 0.05) is 18.1 Å². The van der Waals surface area contributed by atoms with Crippen molar-refractivity contribution < 1.29 is 9.53 Å². The van der Waals surface area contributed by atoms with Gasteiger partial charge < -0.3 is 4.74 Å². The quantitative estimate of drug-likeness (QED) is 0.485. The van der Waals surface area contributed by atoms with Gasteiger partial charge in [0.25, 0.3) is 5.56 Å². The van der Waals surface area contributed by atoms with Gasteiger partial charge in [0.15, 0.2) is 5.65 Å². The van der Waals surface area contributed by atoms with Gasteiger partial charge in [-0.25, -0.2) is 19.1 Å². The van der Waals surface area contributed by atoms with Crippen molar-refractivity contribution in [1.82, 2.24) is 19.1 Å². The third-order valence-electron chi connectivity index (χ3n) is 4.73. The predicted octanol–water partition coefficient (Wildman–Crippen LogP) is 2.09. The summed E-state index contributed by atoms with van der Waals surface area (Å²) in [5.41, 5.74) is 0.767. The van der Waals surface area contributed by atoms with Gasteiger partial charge in [0.2, 0.25) is 0 Å². The number of carbonyl (C=O) groups excluding carboxylic acids is 1. The fourth-order valence-corrected chi connectivity index (χ4v) is 3.35. The van der Waals surface area contributed by atoms with Gasteiger partial charge in [-0.2, -0.15) is 0 Å². The van der Waals surface area contributed by atoms with Crippen molar-refractivity contribution in [3.63, 3.8) is 0 Å². The second-order valence-corrected chi connectivity index (χ2v) is 6.70. The Morgan fingerprint density at radius 2 is 1.77 bits per heavy atom. The molecule has 3 aromatic heterocycles. The molecule has 4 rings (SSSR count). The number of pyridine rings is 2. The minimum atomic E-state index is -0.670. The maximum absolute atomic E-state index is 13.4. The summed E-state index contributed by atoms with van der Waals surface area (Å²) in [5, 5.41) is 0.0324. The highest BCUT2D eigenvalue weighted by Gasteiger charge is 2.22. The summed E-state index contributed by atoms with van der Waals surface area (Å²) in [5.74, 6) is -0.670. The van der Waals surface area contributed by atoms with E-state index in [9.17, 15) is 14.4 Å². The Bertz CT molecular complexity index is 1360. The van der Waals surface area contributed by atoms with Crippen molar-refractivity contribution in [2.75, 3.05) is 7.11 Å². The average Bonchev–Trinajstić information content (AvgIpc) is 2.77. The molecule has 0 bridgehead atoms. The Balaban J connectivity index is 2.15. The predicted molar refractivity (Wildman–Crippen MR) is 111 cm³/mol. The second-order valence-electron chi connectivity index (χ2n) is 6.70. The molecule has 0 radical (unpaired) electrons. The molecule has 0 aliphatic heterocycles. The highest BCUT2D eigenvalue weighted by atomic mass is 16.5. The van der Waals surface area contributed by atoms with Crippen LogP contribution in [0.4, 0.5) is 0 Å². The van der Waals surface area contributed by atoms with Crippen LogP contribution in [0.2, 0.25) is 0 Å². The van der Waals surface area contributed by atoms with E-state index in [4.69, 9.17) is 4.74 Å². The zero-order chi connectivity index (χ0) is 21.3. The fourth-order valence-electron chi connectivity index (χ4n) is 3.35. The molecule has 0 spiro atoms. The molecule has 30 heavy (non-hydrogen) atoms. The van der Waals surface area contributed by atoms with Crippen molar-refractivity contribution in [3.8, 4) is 5.69 Å². The number of nitrogens with zero attached hydrogens (tertiary/aromatic N) is 4. The minimum absolute atomic E-state index is 0.0252. The lowest BCUT2D eigenvalue weighted by molar-refractivity contribution is 0.0602. The Hall–Kier alpha value is -4.07. The van der Waals surface area contributed by atoms with E-state index >= 15 is 0 Å². The molecule has 0 aliphatic carbocycles. The lowest BCUT2D eigenvalue weighted by Crippen LogP contribution is -2.40. The van der Waals surface area contributed by atoms with Gasteiger partial charge in [-0.3, -0.25) is 14.3 Å². The van der Waals surface area contributed by atoms with Gasteiger partial charge in [0.05, 0.1) is 30.3 Å². The Labute approximate surface area is 171 Å². The molecule has 4 aromatic rings. The Kier molecular flexibility index (Phi) is 4.97. The van der Waals surface area contributed by atoms with Gasteiger partial charge in [0.1, 0.15) is 0 Å². The van der Waals surface area contributed by atoms with E-state index in [0.717, 1.165) is 10.1 Å². The number of para-hydroxylation sites is 1. The first-order chi connectivity index (χ1) is 14.5. The average molecular weight is 402 g/mol. The largest absolute Gasteiger partial charge is 0.465 e. The van der Waals surface area contributed by atoms with Crippen molar-refractivity contribution >= 4 is 17.0 Å². The van der Waals surface area contributed by atoms with E-state index in [-0.39, 0.29) is 23.1 Å². The molecule has 1 aromatic carbocycles. The molecule has 0 fully saturated rings. The number of ether oxygens (including phenoxy) is 1. The van der Waals surface area contributed by atoms with E-state index in [1.807, 2.05) is 6.07 Å². The van der Waals surface area contributed by atoms with Crippen LogP contribution in [0.25, 0.3) is 16.7 Å². The van der Waals surface area contributed by atoms with Crippen molar-refractivity contribution in [3.05, 3.63) is 98.6 Å². The standard InChI is InChI=1S/C22H18N4O4/c1-14-12-17(21(28)30-2)18-19(24-14)26(16-6-4-3-5-7-16)22(29)25(20(18)27)13-15-8-10-23-11-9-15/h3-12H,13H2,1-2H3. The summed E-state index contributed by atoms with van der Waals surface area (Å²) in [6.07, 6.45) is 3.17. The molecule has 0 aliphatic rings. The van der Waals surface area contributed by atoms with Gasteiger partial charge in [-0.1, -0.05) is 18.2 Å². The Morgan fingerprint density at radius 1 is 1.07 bits per heavy atom. The van der Waals surface area contributed by atoms with Crippen LogP contribution in [-0.2, 0) is 11.3 Å². The number of esters is 1. The SMILES string of the molecule is COC(=O)c1cc(C)nc2c1c(=O)n(Cc1ccncc1)c(=O)n2-c1ccccc1. The fraction of sp³-hybridized carbons (Fsp3) is 0.136. The molecule has 0 N–H and O–H groups in total. The van der Waals surface area contributed by atoms with E-state index in [0.29, 0.717) is 11.4 Å². The van der Waals surface area contributed by atoms with Crippen molar-refractivity contribution in [2.24, 2.45) is 0 Å². The van der Waals surface area contributed by atoms with Crippen LogP contribution in [0, 0.1) is 6.92 Å². The number of carbonyl (C=O) groups is 1. The van der Waals surface area contributed by atoms with E-state index in [2.05, 4.69) is 9.97 Å². The molecular formula is C22H18N4O4. The monoisotopic (exact) mass is 402 g/mol. The van der Waals surface area contributed by atoms with Crippen LogP contribution in [0.15, 0.2) is 70.5 Å². The van der Waals surface area contributed by atoms with Crippen molar-refractivity contribution in [1.29, 1.82) is 0 Å². The first kappa shape index (κ1) is 19.3. The summed E-state index contributed by atoms with van der Waals surface area (Å²) in [6, 6.07) is 13.8. The van der Waals surface area contributed by atoms with Crippen LogP contribution >= 0.6 is 0 Å². The molecule has 0 unspecified atom stereocenters. The van der Waals surface area contributed by atoms with E-state index in [1.54, 1.807) is 55.7 Å². The smallest absolute Gasteiger partial charge is 0.338 e. The van der Waals surface area contributed by atoms with Crippen LogP contribution in [0.3, 0.4) is 0 Å². The summed E-state index contributed by atoms with van der Waals surface area (Å²) in [6.45, 7) is 1.71. The number of aromatic nitrogens is 4. The van der Waals surface area contributed by atoms with Gasteiger partial charge >= 0.3 is 11.7 Å². The first-order valence-electron chi connectivity index (χ1n) is 9.21. The number of benzene rings is 1. The third kappa shape index (κ3) is 3.28. The summed E-state index contributed by atoms with van der Waals surface area (Å²) in [7, 11) is 1.24. The molecule has 0 saturated heterocycles. The van der Waals surface area contributed by atoms with E-state index in [1.165, 1.54) is 17.7 Å². The third-order valence-corrected chi connectivity index (χ3v) is 4.73. The lowest BCUT2D eigenvalue weighted by atomic mass is 10.1. The summed E-state index contributed by atoms with van der Waals surface area (Å²) in [4.78, 5) is 47.6. The lowest BCUT2D eigenvalue weighted by Gasteiger charge is -2.15. The molecule has 0 amide bonds. The normalized spacial score (nSPS) is 10.9. The van der Waals surface area contributed by atoms with Gasteiger partial charge in [-0.15, -0.1) is 0 Å². The summed E-state index contributed by atoms with van der Waals surface area (Å²) >= 11 is 0. The van der Waals surface area contributed by atoms with Crippen LogP contribution in [-0.4, -0.2) is 32.2 Å². The summed E-state index contributed by atoms with van der Waals surface area (Å²) < 4.78 is 7.31. The number of rotatable bonds is 4. The first-order valence-corrected chi connectivity index (χ1v) is 9.21. The second kappa shape index (κ2) is 7.75. The highest BCUT2D eigenvalue weighted by molar-refractivity contribution is 6.02. The molecule has 0 atom stereocenters. The van der Waals surface area contributed by atoms with Crippen LogP contribution < -0.4 is 11.2 Å². The molecule has 8 nitrogen and oxygen atoms in total. The number of hydrogen-bond donors (Lipinski definition) is 0. The molecule has 150 valence electrons. The molecule has 8 heteroatoms. The number of methoxy groups -OCH3 is 1. The zero-order valence-electron chi connectivity index (χ0n) is 16.4. The highest BCUT2D eigenvalue weighted by Crippen LogP contribution is 2.18. The zero-order valence-corrected chi connectivity index (χ0v) is 16.4. The van der Waals surface area contributed by atoms with Crippen molar-refractivity contribution in [2.45, 2.75) is 13.5 Å². The minimum Gasteiger partial charge on any atom is -0.465 e. The Morgan fingerprint density at radius 3 is 2.43 bits per heavy atom. The maximum atomic E-state index is 13.4. The molecule has 0 saturated carbocycles. The van der Waals surface area contributed by atoms with Gasteiger partial charge in [-0.05, 0) is 42.8 Å². The van der Waals surface area contributed by atoms with Crippen LogP contribution in [0.5, 0.6) is 0 Å². The molecule has 3 heterocycles. The topological polar surface area (TPSA) is 96.1 Å². The molecular weight excluding hydrogens is 384 g/mol. The maximum Gasteiger partial charge on any atom is 0.338 e. The van der Waals surface area contributed by atoms with E-state index < -0.39 is 17.2 Å². The van der Waals surface area contributed by atoms with Crippen LogP contribution in [0.1, 0.15) is 21.6 Å².